The van der Waals surface area contributed by atoms with E-state index in [1.807, 2.05) is 18.2 Å². The molecule has 0 radical (unpaired) electrons. The lowest BCUT2D eigenvalue weighted by atomic mass is 10.0. The average molecular weight is 519 g/mol. The molecular weight excluding hydrogens is 479 g/mol. The largest absolute Gasteiger partial charge is 0.464 e. The van der Waals surface area contributed by atoms with Crippen LogP contribution in [0.2, 0.25) is 0 Å². The fourth-order valence-electron chi connectivity index (χ4n) is 4.20. The number of nitrogens with zero attached hydrogens (tertiary/aromatic N) is 2. The summed E-state index contributed by atoms with van der Waals surface area (Å²) in [5.74, 6) is 0. The minimum atomic E-state index is -2.13. The van der Waals surface area contributed by atoms with E-state index in [2.05, 4.69) is 84.3 Å². The fourth-order valence-corrected chi connectivity index (χ4v) is 4.20. The lowest BCUT2D eigenvalue weighted by Crippen LogP contribution is -2.05. The van der Waals surface area contributed by atoms with Crippen LogP contribution in [-0.4, -0.2) is 27.7 Å². The van der Waals surface area contributed by atoms with Gasteiger partial charge in [0.05, 0.1) is 18.0 Å². The van der Waals surface area contributed by atoms with Gasteiger partial charge in [-0.15, -0.1) is 0 Å². The van der Waals surface area contributed by atoms with Crippen LogP contribution >= 0.6 is 8.03 Å². The number of unbranched alkanes of at least 4 members (excludes halogenated alkanes) is 6. The molecule has 0 spiro atoms. The molecule has 1 heterocycles. The number of ether oxygens (including phenoxy) is 1. The molecule has 5 nitrogen and oxygen atoms in total. The molecule has 1 aromatic heterocycles. The van der Waals surface area contributed by atoms with Crippen LogP contribution in [0.1, 0.15) is 51.9 Å². The van der Waals surface area contributed by atoms with E-state index in [0.717, 1.165) is 34.6 Å². The summed E-state index contributed by atoms with van der Waals surface area (Å²) in [5, 5.41) is 0. The standard InChI is InChI=1S/C30H34N2O.CH5O2P/c1-2-3-4-5-6-7-17-24-33-30-31-28(25-18-11-8-12-19-25)29(26-20-13-9-14-21-26)32(30)27-22-15-10-16-23-27;1-4(2)3/h8-16,18-23H,2-7,17,24H2,1H3;4H,1H3,(H,2,3). The van der Waals surface area contributed by atoms with Crippen LogP contribution in [0.5, 0.6) is 6.01 Å². The summed E-state index contributed by atoms with van der Waals surface area (Å²) in [7, 11) is -2.13. The van der Waals surface area contributed by atoms with Gasteiger partial charge in [-0.25, -0.2) is 0 Å². The predicted molar refractivity (Wildman–Crippen MR) is 155 cm³/mol. The van der Waals surface area contributed by atoms with Gasteiger partial charge in [0.2, 0.25) is 0 Å². The zero-order valence-corrected chi connectivity index (χ0v) is 23.0. The van der Waals surface area contributed by atoms with Crippen molar-refractivity contribution in [1.29, 1.82) is 0 Å². The molecule has 0 saturated carbocycles. The Labute approximate surface area is 222 Å². The first-order chi connectivity index (χ1) is 18.1. The van der Waals surface area contributed by atoms with Crippen LogP contribution < -0.4 is 4.74 Å². The molecule has 0 aliphatic rings. The molecule has 0 aliphatic carbocycles. The van der Waals surface area contributed by atoms with E-state index in [1.54, 1.807) is 0 Å². The summed E-state index contributed by atoms with van der Waals surface area (Å²) in [5.41, 5.74) is 5.27. The zero-order chi connectivity index (χ0) is 26.3. The third-order valence-electron chi connectivity index (χ3n) is 5.93. The van der Waals surface area contributed by atoms with Gasteiger partial charge in [-0.1, -0.05) is 124 Å². The molecule has 1 atom stereocenters. The van der Waals surface area contributed by atoms with Crippen LogP contribution in [0.3, 0.4) is 0 Å². The molecular formula is C31H39N2O3P. The average Bonchev–Trinajstić information content (AvgIpc) is 3.31. The first-order valence-electron chi connectivity index (χ1n) is 13.2. The molecule has 3 aromatic carbocycles. The van der Waals surface area contributed by atoms with Crippen molar-refractivity contribution in [2.45, 2.75) is 51.9 Å². The second-order valence-corrected chi connectivity index (χ2v) is 10.0. The summed E-state index contributed by atoms with van der Waals surface area (Å²) >= 11 is 0. The van der Waals surface area contributed by atoms with Gasteiger partial charge in [0.15, 0.2) is 8.03 Å². The topological polar surface area (TPSA) is 64.4 Å². The van der Waals surface area contributed by atoms with Gasteiger partial charge in [-0.2, -0.15) is 4.98 Å². The summed E-state index contributed by atoms with van der Waals surface area (Å²) in [6.45, 7) is 4.21. The van der Waals surface area contributed by atoms with E-state index < -0.39 is 8.03 Å². The quantitative estimate of drug-likeness (QED) is 0.151. The third-order valence-corrected chi connectivity index (χ3v) is 5.93. The smallest absolute Gasteiger partial charge is 0.302 e. The van der Waals surface area contributed by atoms with Gasteiger partial charge < -0.3 is 9.63 Å². The summed E-state index contributed by atoms with van der Waals surface area (Å²) < 4.78 is 17.7. The molecule has 1 unspecified atom stereocenters. The number of rotatable bonds is 12. The number of para-hydroxylation sites is 1. The highest BCUT2D eigenvalue weighted by molar-refractivity contribution is 7.36. The molecule has 4 rings (SSSR count). The van der Waals surface area contributed by atoms with Crippen molar-refractivity contribution in [1.82, 2.24) is 9.55 Å². The monoisotopic (exact) mass is 518 g/mol. The summed E-state index contributed by atoms with van der Waals surface area (Å²) in [6.07, 6.45) is 8.83. The molecule has 196 valence electrons. The van der Waals surface area contributed by atoms with E-state index in [-0.39, 0.29) is 0 Å². The van der Waals surface area contributed by atoms with Crippen molar-refractivity contribution >= 4 is 8.03 Å². The van der Waals surface area contributed by atoms with Crippen molar-refractivity contribution in [3.8, 4) is 34.2 Å². The lowest BCUT2D eigenvalue weighted by molar-refractivity contribution is 0.278. The highest BCUT2D eigenvalue weighted by Crippen LogP contribution is 2.37. The van der Waals surface area contributed by atoms with Crippen molar-refractivity contribution in [3.63, 3.8) is 0 Å². The lowest BCUT2D eigenvalue weighted by Gasteiger charge is -2.13. The maximum absolute atomic E-state index is 9.19. The first-order valence-corrected chi connectivity index (χ1v) is 15.1. The Bertz CT molecular complexity index is 1190. The van der Waals surface area contributed by atoms with E-state index in [4.69, 9.17) is 14.6 Å². The van der Waals surface area contributed by atoms with Crippen LogP contribution in [-0.2, 0) is 4.57 Å². The maximum atomic E-state index is 9.19. The molecule has 0 saturated heterocycles. The number of hydrogen-bond acceptors (Lipinski definition) is 3. The van der Waals surface area contributed by atoms with Crippen molar-refractivity contribution in [2.24, 2.45) is 0 Å². The van der Waals surface area contributed by atoms with Gasteiger partial charge in [0, 0.05) is 17.8 Å². The number of aromatic nitrogens is 2. The Morgan fingerprint density at radius 2 is 1.24 bits per heavy atom. The number of imidazole rings is 1. The second kappa shape index (κ2) is 15.9. The molecule has 4 aromatic rings. The SMILES string of the molecule is CCCCCCCCCOc1nc(-c2ccccc2)c(-c2ccccc2)n1-c1ccccc1.C[PH](=O)O. The Balaban J connectivity index is 0.000000886. The number of benzene rings is 3. The van der Waals surface area contributed by atoms with Gasteiger partial charge in [-0.3, -0.25) is 9.13 Å². The van der Waals surface area contributed by atoms with Gasteiger partial charge in [0.1, 0.15) is 5.69 Å². The van der Waals surface area contributed by atoms with Crippen molar-refractivity contribution < 1.29 is 14.2 Å². The molecule has 0 fully saturated rings. The Morgan fingerprint density at radius 1 is 0.757 bits per heavy atom. The highest BCUT2D eigenvalue weighted by atomic mass is 31.1. The fraction of sp³-hybridized carbons (Fsp3) is 0.323. The van der Waals surface area contributed by atoms with Gasteiger partial charge in [-0.05, 0) is 18.6 Å². The maximum Gasteiger partial charge on any atom is 0.302 e. The second-order valence-electron chi connectivity index (χ2n) is 8.98. The first kappa shape index (κ1) is 28.4. The zero-order valence-electron chi connectivity index (χ0n) is 22.0. The van der Waals surface area contributed by atoms with E-state index in [0.29, 0.717) is 12.6 Å². The molecule has 6 heteroatoms. The molecule has 0 amide bonds. The van der Waals surface area contributed by atoms with Gasteiger partial charge in [0.25, 0.3) is 0 Å². The Hall–Kier alpha value is -3.14. The molecule has 0 bridgehead atoms. The molecule has 37 heavy (non-hydrogen) atoms. The van der Waals surface area contributed by atoms with Crippen LogP contribution in [0.25, 0.3) is 28.2 Å². The van der Waals surface area contributed by atoms with Crippen LogP contribution in [0.15, 0.2) is 91.0 Å². The highest BCUT2D eigenvalue weighted by Gasteiger charge is 2.22. The van der Waals surface area contributed by atoms with Crippen molar-refractivity contribution in [3.05, 3.63) is 91.0 Å². The van der Waals surface area contributed by atoms with Gasteiger partial charge >= 0.3 is 6.01 Å². The molecule has 1 N–H and O–H groups in total. The Kier molecular flexibility index (Phi) is 12.2. The normalized spacial score (nSPS) is 11.4. The summed E-state index contributed by atoms with van der Waals surface area (Å²) in [4.78, 5) is 12.6. The van der Waals surface area contributed by atoms with E-state index in [9.17, 15) is 4.57 Å². The van der Waals surface area contributed by atoms with E-state index >= 15 is 0 Å². The Morgan fingerprint density at radius 3 is 1.81 bits per heavy atom. The minimum absolute atomic E-state index is 0.657. The van der Waals surface area contributed by atoms with Crippen LogP contribution in [0.4, 0.5) is 0 Å². The van der Waals surface area contributed by atoms with Crippen LogP contribution in [0, 0.1) is 0 Å². The number of hydrogen-bond donors (Lipinski definition) is 1. The predicted octanol–water partition coefficient (Wildman–Crippen LogP) is 8.42. The van der Waals surface area contributed by atoms with E-state index in [1.165, 1.54) is 45.2 Å². The van der Waals surface area contributed by atoms with Crippen molar-refractivity contribution in [2.75, 3.05) is 13.3 Å². The third kappa shape index (κ3) is 9.03. The molecule has 0 aliphatic heterocycles. The minimum Gasteiger partial charge on any atom is -0.464 e. The summed E-state index contributed by atoms with van der Waals surface area (Å²) in [6, 6.07) is 31.9.